The number of benzene rings is 1. The van der Waals surface area contributed by atoms with E-state index in [1.54, 1.807) is 16.8 Å². The summed E-state index contributed by atoms with van der Waals surface area (Å²) in [7, 11) is 0. The molecule has 0 amide bonds. The molecule has 0 bridgehead atoms. The summed E-state index contributed by atoms with van der Waals surface area (Å²) in [5.41, 5.74) is 0.200. The molecule has 0 saturated heterocycles. The van der Waals surface area contributed by atoms with E-state index < -0.39 is 0 Å². The molecule has 7 heteroatoms. The Kier molecular flexibility index (Phi) is 3.98. The third-order valence-corrected chi connectivity index (χ3v) is 3.47. The predicted octanol–water partition coefficient (Wildman–Crippen LogP) is 5.59. The van der Waals surface area contributed by atoms with E-state index in [9.17, 15) is 0 Å². The van der Waals surface area contributed by atoms with Gasteiger partial charge in [-0.05, 0) is 45.1 Å². The number of nitrogens with zero attached hydrogens (tertiary/aromatic N) is 2. The van der Waals surface area contributed by atoms with Gasteiger partial charge in [0.15, 0.2) is 0 Å². The highest BCUT2D eigenvalue weighted by molar-refractivity contribution is 7.71. The Balaban J connectivity index is 2.65. The van der Waals surface area contributed by atoms with Gasteiger partial charge in [-0.2, -0.15) is 0 Å². The largest absolute Gasteiger partial charge is 0.409 e. The molecule has 1 aromatic carbocycles. The Bertz CT molecular complexity index is 662. The zero-order chi connectivity index (χ0) is 14.4. The van der Waals surface area contributed by atoms with Gasteiger partial charge in [-0.15, -0.1) is 5.10 Å². The van der Waals surface area contributed by atoms with E-state index in [0.717, 1.165) is 0 Å². The topological polar surface area (TPSA) is 31.0 Å². The molecular weight excluding hydrogens is 327 g/mol. The van der Waals surface area contributed by atoms with Crippen molar-refractivity contribution < 1.29 is 4.42 Å². The van der Waals surface area contributed by atoms with Crippen LogP contribution in [0.25, 0.3) is 11.5 Å². The maximum atomic E-state index is 6.13. The van der Waals surface area contributed by atoms with Crippen molar-refractivity contribution in [2.24, 2.45) is 0 Å². The van der Waals surface area contributed by atoms with Crippen LogP contribution in [-0.4, -0.2) is 9.78 Å². The van der Waals surface area contributed by atoms with Crippen molar-refractivity contribution in [3.63, 3.8) is 0 Å². The van der Waals surface area contributed by atoms with Crippen molar-refractivity contribution in [1.82, 2.24) is 9.78 Å². The van der Waals surface area contributed by atoms with Crippen molar-refractivity contribution in [2.75, 3.05) is 0 Å². The lowest BCUT2D eigenvalue weighted by Crippen LogP contribution is -2.23. The molecule has 3 nitrogen and oxygen atoms in total. The fourth-order valence-electron chi connectivity index (χ4n) is 1.55. The Morgan fingerprint density at radius 1 is 1.16 bits per heavy atom. The van der Waals surface area contributed by atoms with Crippen LogP contribution in [0.3, 0.4) is 0 Å². The van der Waals surface area contributed by atoms with Crippen LogP contribution >= 0.6 is 47.0 Å². The lowest BCUT2D eigenvalue weighted by molar-refractivity contribution is 0.337. The summed E-state index contributed by atoms with van der Waals surface area (Å²) in [5, 5.41) is 5.53. The van der Waals surface area contributed by atoms with Crippen molar-refractivity contribution in [3.05, 3.63) is 32.0 Å². The van der Waals surface area contributed by atoms with Gasteiger partial charge in [-0.3, -0.25) is 0 Å². The first-order chi connectivity index (χ1) is 8.70. The molecule has 0 aliphatic rings. The lowest BCUT2D eigenvalue weighted by Gasteiger charge is -2.16. The van der Waals surface area contributed by atoms with E-state index >= 15 is 0 Å². The maximum absolute atomic E-state index is 6.13. The summed E-state index contributed by atoms with van der Waals surface area (Å²) in [6.07, 6.45) is 0. The van der Waals surface area contributed by atoms with Gasteiger partial charge in [0.25, 0.3) is 4.84 Å². The molecule has 19 heavy (non-hydrogen) atoms. The zero-order valence-corrected chi connectivity index (χ0v) is 13.6. The standard InChI is InChI=1S/C12H11Cl3N2OS/c1-12(2,3)17-11(19)18-10(16-17)9-7(14)4-6(13)5-8(9)15/h4-5H,1-3H3. The Labute approximate surface area is 131 Å². The quantitative estimate of drug-likeness (QED) is 0.636. The molecule has 102 valence electrons. The number of rotatable bonds is 1. The molecule has 0 atom stereocenters. The minimum Gasteiger partial charge on any atom is -0.409 e. The van der Waals surface area contributed by atoms with Crippen LogP contribution in [0.5, 0.6) is 0 Å². The molecule has 0 N–H and O–H groups in total. The molecule has 1 aromatic heterocycles. The highest BCUT2D eigenvalue weighted by atomic mass is 35.5. The van der Waals surface area contributed by atoms with Gasteiger partial charge in [0.2, 0.25) is 5.89 Å². The Hall–Kier alpha value is -0.550. The summed E-state index contributed by atoms with van der Waals surface area (Å²) >= 11 is 23.3. The van der Waals surface area contributed by atoms with E-state index in [1.165, 1.54) is 0 Å². The van der Waals surface area contributed by atoms with Crippen LogP contribution in [0, 0.1) is 4.84 Å². The fraction of sp³-hybridized carbons (Fsp3) is 0.333. The Morgan fingerprint density at radius 3 is 2.11 bits per heavy atom. The first-order valence-electron chi connectivity index (χ1n) is 5.45. The lowest BCUT2D eigenvalue weighted by atomic mass is 10.1. The predicted molar refractivity (Wildman–Crippen MR) is 80.8 cm³/mol. The average Bonchev–Trinajstić information content (AvgIpc) is 2.57. The molecule has 0 spiro atoms. The smallest absolute Gasteiger partial charge is 0.287 e. The van der Waals surface area contributed by atoms with Crippen LogP contribution < -0.4 is 0 Å². The molecule has 2 rings (SSSR count). The van der Waals surface area contributed by atoms with Crippen LogP contribution in [-0.2, 0) is 5.54 Å². The average molecular weight is 338 g/mol. The Morgan fingerprint density at radius 2 is 1.68 bits per heavy atom. The number of halogens is 3. The first-order valence-corrected chi connectivity index (χ1v) is 7.00. The minimum atomic E-state index is -0.287. The SMILES string of the molecule is CC(C)(C)n1nc(-c2c(Cl)cc(Cl)cc2Cl)oc1=S. The summed E-state index contributed by atoms with van der Waals surface area (Å²) < 4.78 is 7.09. The van der Waals surface area contributed by atoms with Gasteiger partial charge in [-0.25, -0.2) is 4.68 Å². The number of hydrogen-bond donors (Lipinski definition) is 0. The molecule has 0 aliphatic heterocycles. The zero-order valence-electron chi connectivity index (χ0n) is 10.5. The second-order valence-electron chi connectivity index (χ2n) is 5.00. The van der Waals surface area contributed by atoms with Crippen molar-refractivity contribution in [1.29, 1.82) is 0 Å². The van der Waals surface area contributed by atoms with Crippen LogP contribution in [0.15, 0.2) is 16.5 Å². The van der Waals surface area contributed by atoms with Crippen molar-refractivity contribution in [3.8, 4) is 11.5 Å². The first kappa shape index (κ1) is 14.9. The third-order valence-electron chi connectivity index (χ3n) is 2.40. The van der Waals surface area contributed by atoms with Gasteiger partial charge in [0, 0.05) is 5.02 Å². The minimum absolute atomic E-state index is 0.268. The fourth-order valence-corrected chi connectivity index (χ4v) is 2.92. The molecule has 0 saturated carbocycles. The van der Waals surface area contributed by atoms with Crippen molar-refractivity contribution in [2.45, 2.75) is 26.3 Å². The molecule has 2 aromatic rings. The van der Waals surface area contributed by atoms with Gasteiger partial charge in [0.05, 0.1) is 21.1 Å². The van der Waals surface area contributed by atoms with Crippen LogP contribution in [0.2, 0.25) is 15.1 Å². The summed E-state index contributed by atoms with van der Waals surface area (Å²) in [5.74, 6) is 0.284. The highest BCUT2D eigenvalue weighted by Crippen LogP contribution is 2.36. The molecule has 0 fully saturated rings. The number of hydrogen-bond acceptors (Lipinski definition) is 3. The summed E-state index contributed by atoms with van der Waals surface area (Å²) in [6.45, 7) is 5.92. The molecule has 0 radical (unpaired) electrons. The van der Waals surface area contributed by atoms with E-state index in [2.05, 4.69) is 5.10 Å². The monoisotopic (exact) mass is 336 g/mol. The van der Waals surface area contributed by atoms with Gasteiger partial charge >= 0.3 is 0 Å². The molecular formula is C12H11Cl3N2OS. The molecule has 1 heterocycles. The van der Waals surface area contributed by atoms with E-state index in [4.69, 9.17) is 51.4 Å². The van der Waals surface area contributed by atoms with Gasteiger partial charge in [-0.1, -0.05) is 34.8 Å². The van der Waals surface area contributed by atoms with Gasteiger partial charge in [0.1, 0.15) is 0 Å². The molecule has 0 aliphatic carbocycles. The van der Waals surface area contributed by atoms with Crippen LogP contribution in [0.1, 0.15) is 20.8 Å². The number of aromatic nitrogens is 2. The molecule has 0 unspecified atom stereocenters. The van der Waals surface area contributed by atoms with E-state index in [-0.39, 0.29) is 16.3 Å². The van der Waals surface area contributed by atoms with Gasteiger partial charge < -0.3 is 4.42 Å². The summed E-state index contributed by atoms with van der Waals surface area (Å²) in [6, 6.07) is 3.16. The van der Waals surface area contributed by atoms with E-state index in [0.29, 0.717) is 20.6 Å². The van der Waals surface area contributed by atoms with Crippen LogP contribution in [0.4, 0.5) is 0 Å². The highest BCUT2D eigenvalue weighted by Gasteiger charge is 2.22. The van der Waals surface area contributed by atoms with Crippen molar-refractivity contribution >= 4 is 47.0 Å². The third kappa shape index (κ3) is 2.97. The second-order valence-corrected chi connectivity index (χ2v) is 6.60. The maximum Gasteiger partial charge on any atom is 0.287 e. The normalized spacial score (nSPS) is 11.9. The second kappa shape index (κ2) is 5.09. The van der Waals surface area contributed by atoms with E-state index in [1.807, 2.05) is 20.8 Å². The summed E-state index contributed by atoms with van der Waals surface area (Å²) in [4.78, 5) is 0.268.